The van der Waals surface area contributed by atoms with Crippen LogP contribution in [-0.4, -0.2) is 71.0 Å². The number of carbonyl (C=O) groups is 2. The van der Waals surface area contributed by atoms with Crippen molar-refractivity contribution in [3.8, 4) is 34.3 Å². The van der Waals surface area contributed by atoms with Crippen molar-refractivity contribution in [3.63, 3.8) is 0 Å². The molecule has 1 N–H and O–H groups in total. The van der Waals surface area contributed by atoms with Gasteiger partial charge in [0.25, 0.3) is 5.91 Å². The molecule has 48 heavy (non-hydrogen) atoms. The van der Waals surface area contributed by atoms with Crippen LogP contribution in [0, 0.1) is 0 Å². The maximum absolute atomic E-state index is 13.1. The van der Waals surface area contributed by atoms with Gasteiger partial charge in [-0.1, -0.05) is 36.4 Å². The van der Waals surface area contributed by atoms with E-state index < -0.39 is 5.91 Å². The molecule has 0 spiro atoms. The number of amides is 1. The van der Waals surface area contributed by atoms with Crippen LogP contribution in [0.1, 0.15) is 50.9 Å². The number of anilines is 1. The normalized spacial score (nSPS) is 12.7. The molecule has 5 aromatic rings. The second-order valence-corrected chi connectivity index (χ2v) is 11.5. The average molecular weight is 647 g/mol. The lowest BCUT2D eigenvalue weighted by atomic mass is 9.98. The maximum Gasteiger partial charge on any atom is 0.274 e. The predicted octanol–water partition coefficient (Wildman–Crippen LogP) is 5.80. The number of hydrogen-bond acceptors (Lipinski definition) is 9. The molecule has 0 aliphatic carbocycles. The Morgan fingerprint density at radius 3 is 2.40 bits per heavy atom. The van der Waals surface area contributed by atoms with Crippen LogP contribution in [0.3, 0.4) is 0 Å². The van der Waals surface area contributed by atoms with E-state index in [1.165, 1.54) is 23.8 Å². The molecule has 3 heterocycles. The fourth-order valence-corrected chi connectivity index (χ4v) is 5.84. The van der Waals surface area contributed by atoms with E-state index in [0.717, 1.165) is 49.7 Å². The summed E-state index contributed by atoms with van der Waals surface area (Å²) < 4.78 is 17.8. The zero-order valence-corrected chi connectivity index (χ0v) is 27.5. The number of ether oxygens (including phenoxy) is 3. The van der Waals surface area contributed by atoms with E-state index in [-0.39, 0.29) is 11.5 Å². The van der Waals surface area contributed by atoms with Crippen molar-refractivity contribution in [1.82, 2.24) is 24.9 Å². The summed E-state index contributed by atoms with van der Waals surface area (Å²) in [5.41, 5.74) is 6.98. The summed E-state index contributed by atoms with van der Waals surface area (Å²) >= 11 is 0. The molecule has 1 aliphatic heterocycles. The third-order valence-electron chi connectivity index (χ3n) is 8.56. The number of Topliss-reactive ketones (excluding diaryl/α,β-unsaturated/α-hetero) is 1. The Morgan fingerprint density at radius 2 is 1.67 bits per heavy atom. The number of carbonyl (C=O) groups excluding carboxylic acids is 2. The van der Waals surface area contributed by atoms with Gasteiger partial charge >= 0.3 is 0 Å². The molecule has 0 radical (unpaired) electrons. The lowest BCUT2D eigenvalue weighted by Crippen LogP contribution is -2.32. The lowest BCUT2D eigenvalue weighted by molar-refractivity contribution is 0.0989. The van der Waals surface area contributed by atoms with Crippen molar-refractivity contribution >= 4 is 17.4 Å². The van der Waals surface area contributed by atoms with Crippen LogP contribution in [0.25, 0.3) is 16.9 Å². The summed E-state index contributed by atoms with van der Waals surface area (Å²) in [5, 5.41) is 11.6. The minimum atomic E-state index is -0.453. The Balaban J connectivity index is 1.13. The molecule has 11 nitrogen and oxygen atoms in total. The molecule has 0 saturated heterocycles. The highest BCUT2D eigenvalue weighted by Gasteiger charge is 2.20. The highest BCUT2D eigenvalue weighted by Crippen LogP contribution is 2.33. The highest BCUT2D eigenvalue weighted by molar-refractivity contribution is 6.09. The molecule has 11 heteroatoms. The number of aromatic nitrogens is 4. The van der Waals surface area contributed by atoms with Gasteiger partial charge in [-0.25, -0.2) is 9.67 Å². The van der Waals surface area contributed by atoms with Gasteiger partial charge in [0.2, 0.25) is 5.88 Å². The molecule has 0 fully saturated rings. The van der Waals surface area contributed by atoms with Gasteiger partial charge in [0.1, 0.15) is 11.4 Å². The Morgan fingerprint density at radius 1 is 0.896 bits per heavy atom. The fourth-order valence-electron chi connectivity index (χ4n) is 5.84. The van der Waals surface area contributed by atoms with E-state index in [9.17, 15) is 9.59 Å². The van der Waals surface area contributed by atoms with Gasteiger partial charge in [-0.2, -0.15) is 0 Å². The van der Waals surface area contributed by atoms with Crippen molar-refractivity contribution in [2.75, 3.05) is 39.7 Å². The minimum Gasteiger partial charge on any atom is -0.493 e. The number of pyridine rings is 1. The molecule has 0 bridgehead atoms. The van der Waals surface area contributed by atoms with Gasteiger partial charge in [0.05, 0.1) is 38.9 Å². The first kappa shape index (κ1) is 32.4. The van der Waals surface area contributed by atoms with Crippen molar-refractivity contribution in [2.45, 2.75) is 32.7 Å². The van der Waals surface area contributed by atoms with Gasteiger partial charge in [0.15, 0.2) is 17.3 Å². The van der Waals surface area contributed by atoms with Crippen LogP contribution in [0.4, 0.5) is 5.69 Å². The molecule has 3 aromatic carbocycles. The zero-order valence-electron chi connectivity index (χ0n) is 27.5. The van der Waals surface area contributed by atoms with Gasteiger partial charge in [0, 0.05) is 43.2 Å². The van der Waals surface area contributed by atoms with E-state index in [4.69, 9.17) is 14.2 Å². The van der Waals surface area contributed by atoms with Crippen molar-refractivity contribution in [2.24, 2.45) is 0 Å². The quantitative estimate of drug-likeness (QED) is 0.168. The Hall–Kier alpha value is -5.55. The van der Waals surface area contributed by atoms with E-state index in [2.05, 4.69) is 49.8 Å². The summed E-state index contributed by atoms with van der Waals surface area (Å²) in [6, 6.07) is 22.7. The zero-order chi connectivity index (χ0) is 33.6. The van der Waals surface area contributed by atoms with Crippen LogP contribution in [0.15, 0.2) is 79.0 Å². The van der Waals surface area contributed by atoms with E-state index >= 15 is 0 Å². The third kappa shape index (κ3) is 7.06. The van der Waals surface area contributed by atoms with Crippen LogP contribution in [0.5, 0.6) is 17.4 Å². The topological polar surface area (TPSA) is 121 Å². The van der Waals surface area contributed by atoms with Gasteiger partial charge in [-0.05, 0) is 72.0 Å². The summed E-state index contributed by atoms with van der Waals surface area (Å²) in [4.78, 5) is 32.4. The first-order valence-corrected chi connectivity index (χ1v) is 15.9. The number of ketones is 1. The van der Waals surface area contributed by atoms with Crippen LogP contribution >= 0.6 is 0 Å². The number of benzene rings is 3. The molecule has 246 valence electrons. The lowest BCUT2D eigenvalue weighted by Gasteiger charge is -2.29. The van der Waals surface area contributed by atoms with Crippen LogP contribution in [0.2, 0.25) is 0 Å². The molecule has 0 saturated carbocycles. The first-order valence-electron chi connectivity index (χ1n) is 15.9. The standard InChI is InChI=1S/C37H38N6O5/c1-5-33(44)29-14-11-26(19-31(29)39-37(45)30-7-6-8-36(38-30)48-4)32-23-43(41-40-32)28-12-9-24(10-13-28)15-17-42-18-16-25-20-34(46-2)35(47-3)21-27(25)22-42/h6-14,19-21,23H,5,15-18,22H2,1-4H3,(H,39,45). The number of methoxy groups -OCH3 is 3. The third-order valence-corrected chi connectivity index (χ3v) is 8.56. The Labute approximate surface area is 279 Å². The van der Waals surface area contributed by atoms with Crippen LogP contribution < -0.4 is 19.5 Å². The van der Waals surface area contributed by atoms with Gasteiger partial charge < -0.3 is 19.5 Å². The number of fused-ring (bicyclic) bond motifs is 1. The van der Waals surface area contributed by atoms with Crippen molar-refractivity contribution in [1.29, 1.82) is 0 Å². The fraction of sp³-hybridized carbons (Fsp3) is 0.270. The SMILES string of the molecule is CCC(=O)c1ccc(-c2cn(-c3ccc(CCN4CCc5cc(OC)c(OC)cc5C4)cc3)nn2)cc1NC(=O)c1cccc(OC)n1. The summed E-state index contributed by atoms with van der Waals surface area (Å²) in [5.74, 6) is 1.32. The molecule has 0 atom stereocenters. The summed E-state index contributed by atoms with van der Waals surface area (Å²) in [7, 11) is 4.83. The first-order chi connectivity index (χ1) is 23.4. The molecule has 2 aromatic heterocycles. The molecule has 1 aliphatic rings. The number of hydrogen-bond donors (Lipinski definition) is 1. The highest BCUT2D eigenvalue weighted by atomic mass is 16.5. The number of nitrogens with zero attached hydrogens (tertiary/aromatic N) is 5. The monoisotopic (exact) mass is 646 g/mol. The molecule has 6 rings (SSSR count). The smallest absolute Gasteiger partial charge is 0.274 e. The maximum atomic E-state index is 13.1. The second-order valence-electron chi connectivity index (χ2n) is 11.5. The average Bonchev–Trinajstić information content (AvgIpc) is 3.63. The number of nitrogens with one attached hydrogen (secondary N) is 1. The van der Waals surface area contributed by atoms with Crippen molar-refractivity contribution in [3.05, 3.63) is 107 Å². The van der Waals surface area contributed by atoms with Gasteiger partial charge in [-0.3, -0.25) is 14.5 Å². The van der Waals surface area contributed by atoms with Crippen molar-refractivity contribution < 1.29 is 23.8 Å². The minimum absolute atomic E-state index is 0.0924. The second kappa shape index (κ2) is 14.5. The molecular weight excluding hydrogens is 608 g/mol. The van der Waals surface area contributed by atoms with E-state index in [1.54, 1.807) is 56.2 Å². The summed E-state index contributed by atoms with van der Waals surface area (Å²) in [6.45, 7) is 4.61. The van der Waals surface area contributed by atoms with E-state index in [1.807, 2.05) is 24.4 Å². The van der Waals surface area contributed by atoms with E-state index in [0.29, 0.717) is 34.8 Å². The summed E-state index contributed by atoms with van der Waals surface area (Å²) in [6.07, 6.45) is 4.03. The molecule has 1 amide bonds. The van der Waals surface area contributed by atoms with Gasteiger partial charge in [-0.15, -0.1) is 5.10 Å². The Bertz CT molecular complexity index is 1940. The number of rotatable bonds is 12. The molecule has 0 unspecified atom stereocenters. The molecular formula is C37H38N6O5. The Kier molecular flexibility index (Phi) is 9.77. The largest absolute Gasteiger partial charge is 0.493 e. The van der Waals surface area contributed by atoms with Crippen LogP contribution in [-0.2, 0) is 19.4 Å². The predicted molar refractivity (Wildman–Crippen MR) is 182 cm³/mol.